The Morgan fingerprint density at radius 3 is 2.83 bits per heavy atom. The van der Waals surface area contributed by atoms with E-state index in [0.29, 0.717) is 12.4 Å². The highest BCUT2D eigenvalue weighted by Gasteiger charge is 2.10. The summed E-state index contributed by atoms with van der Waals surface area (Å²) in [6, 6.07) is 8.25. The van der Waals surface area contributed by atoms with Crippen LogP contribution in [0.2, 0.25) is 0 Å². The molecule has 2 N–H and O–H groups in total. The summed E-state index contributed by atoms with van der Waals surface area (Å²) < 4.78 is 7.72. The molecular weight excluding hydrogens is 226 g/mol. The highest BCUT2D eigenvalue weighted by atomic mass is 16.5. The molecule has 0 aliphatic heterocycles. The van der Waals surface area contributed by atoms with Crippen molar-refractivity contribution in [1.29, 1.82) is 0 Å². The van der Waals surface area contributed by atoms with E-state index in [1.807, 2.05) is 35.8 Å². The van der Waals surface area contributed by atoms with Gasteiger partial charge in [-0.2, -0.15) is 0 Å². The molecule has 0 bridgehead atoms. The fourth-order valence-electron chi connectivity index (χ4n) is 1.97. The summed E-state index contributed by atoms with van der Waals surface area (Å²) in [6.07, 6.45) is 1.68. The molecule has 0 saturated heterocycles. The van der Waals surface area contributed by atoms with Crippen molar-refractivity contribution in [2.45, 2.75) is 33.4 Å². The smallest absolute Gasteiger partial charge is 0.148 e. The molecule has 0 saturated carbocycles. The van der Waals surface area contributed by atoms with Gasteiger partial charge in [-0.1, -0.05) is 12.1 Å². The summed E-state index contributed by atoms with van der Waals surface area (Å²) in [7, 11) is 0. The van der Waals surface area contributed by atoms with Gasteiger partial charge in [0.15, 0.2) is 0 Å². The number of rotatable bonds is 4. The molecule has 0 atom stereocenters. The number of aryl methyl sites for hydroxylation is 1. The Morgan fingerprint density at radius 1 is 1.39 bits per heavy atom. The number of nitrogens with zero attached hydrogens (tertiary/aromatic N) is 2. The van der Waals surface area contributed by atoms with Crippen LogP contribution in [0.15, 0.2) is 30.5 Å². The van der Waals surface area contributed by atoms with Gasteiger partial charge in [-0.25, -0.2) is 4.98 Å². The number of benzene rings is 1. The molecule has 4 nitrogen and oxygen atoms in total. The van der Waals surface area contributed by atoms with Crippen molar-refractivity contribution in [2.75, 3.05) is 5.73 Å². The van der Waals surface area contributed by atoms with Gasteiger partial charge in [-0.05, 0) is 38.5 Å². The summed E-state index contributed by atoms with van der Waals surface area (Å²) in [5, 5.41) is 0. The maximum atomic E-state index is 5.88. The van der Waals surface area contributed by atoms with Gasteiger partial charge in [0.25, 0.3) is 0 Å². The van der Waals surface area contributed by atoms with E-state index in [1.165, 1.54) is 5.56 Å². The van der Waals surface area contributed by atoms with Gasteiger partial charge in [0.05, 0.1) is 6.20 Å². The number of hydrogen-bond donors (Lipinski definition) is 1. The van der Waals surface area contributed by atoms with Gasteiger partial charge >= 0.3 is 0 Å². The number of imidazole rings is 1. The largest absolute Gasteiger partial charge is 0.486 e. The minimum Gasteiger partial charge on any atom is -0.486 e. The molecule has 1 aromatic carbocycles. The molecular formula is C14H19N3O. The molecule has 2 rings (SSSR count). The molecule has 0 amide bonds. The van der Waals surface area contributed by atoms with Crippen molar-refractivity contribution in [1.82, 2.24) is 9.55 Å². The van der Waals surface area contributed by atoms with E-state index in [4.69, 9.17) is 10.5 Å². The Bertz CT molecular complexity index is 532. The van der Waals surface area contributed by atoms with Crippen LogP contribution < -0.4 is 10.5 Å². The Morgan fingerprint density at radius 2 is 2.17 bits per heavy atom. The molecule has 0 fully saturated rings. The SMILES string of the molecule is Cc1cccc(OCc2ncc(N)n2C(C)C)c1. The Labute approximate surface area is 107 Å². The fourth-order valence-corrected chi connectivity index (χ4v) is 1.97. The molecule has 0 radical (unpaired) electrons. The lowest BCUT2D eigenvalue weighted by molar-refractivity contribution is 0.286. The first-order valence-electron chi connectivity index (χ1n) is 6.09. The van der Waals surface area contributed by atoms with Gasteiger partial charge in [0.1, 0.15) is 24.0 Å². The number of nitrogen functional groups attached to an aromatic ring is 1. The quantitative estimate of drug-likeness (QED) is 0.901. The molecule has 0 aliphatic carbocycles. The zero-order chi connectivity index (χ0) is 13.1. The van der Waals surface area contributed by atoms with E-state index in [9.17, 15) is 0 Å². The average molecular weight is 245 g/mol. The van der Waals surface area contributed by atoms with Crippen molar-refractivity contribution in [3.63, 3.8) is 0 Å². The summed E-state index contributed by atoms with van der Waals surface area (Å²) in [5.74, 6) is 2.38. The van der Waals surface area contributed by atoms with Crippen LogP contribution in [-0.4, -0.2) is 9.55 Å². The van der Waals surface area contributed by atoms with Gasteiger partial charge < -0.3 is 15.0 Å². The number of anilines is 1. The highest BCUT2D eigenvalue weighted by Crippen LogP contribution is 2.18. The van der Waals surface area contributed by atoms with E-state index < -0.39 is 0 Å². The molecule has 18 heavy (non-hydrogen) atoms. The zero-order valence-corrected chi connectivity index (χ0v) is 11.1. The van der Waals surface area contributed by atoms with Crippen molar-refractivity contribution in [3.8, 4) is 5.75 Å². The first-order chi connectivity index (χ1) is 8.58. The van der Waals surface area contributed by atoms with Crippen molar-refractivity contribution in [3.05, 3.63) is 41.9 Å². The molecule has 1 heterocycles. The number of hydrogen-bond acceptors (Lipinski definition) is 3. The van der Waals surface area contributed by atoms with E-state index in [0.717, 1.165) is 11.6 Å². The molecule has 0 aliphatic rings. The van der Waals surface area contributed by atoms with Gasteiger partial charge in [-0.15, -0.1) is 0 Å². The summed E-state index contributed by atoms with van der Waals surface area (Å²) in [5.41, 5.74) is 7.06. The highest BCUT2D eigenvalue weighted by molar-refractivity contribution is 5.30. The third-order valence-electron chi connectivity index (χ3n) is 2.78. The van der Waals surface area contributed by atoms with Crippen LogP contribution in [0.4, 0.5) is 5.82 Å². The standard InChI is InChI=1S/C14H19N3O/c1-10(2)17-13(15)8-16-14(17)9-18-12-6-4-5-11(3)7-12/h4-8,10H,9,15H2,1-3H3. The zero-order valence-electron chi connectivity index (χ0n) is 11.1. The molecule has 0 spiro atoms. The second kappa shape index (κ2) is 5.12. The van der Waals surface area contributed by atoms with Crippen LogP contribution in [0.1, 0.15) is 31.3 Å². The van der Waals surface area contributed by atoms with E-state index in [-0.39, 0.29) is 6.04 Å². The molecule has 2 aromatic rings. The monoisotopic (exact) mass is 245 g/mol. The second-order valence-electron chi connectivity index (χ2n) is 4.67. The van der Waals surface area contributed by atoms with Crippen LogP contribution in [0.3, 0.4) is 0 Å². The van der Waals surface area contributed by atoms with Crippen molar-refractivity contribution < 1.29 is 4.74 Å². The fraction of sp³-hybridized carbons (Fsp3) is 0.357. The molecule has 1 aromatic heterocycles. The average Bonchev–Trinajstić information content (AvgIpc) is 2.68. The minimum atomic E-state index is 0.281. The minimum absolute atomic E-state index is 0.281. The lowest BCUT2D eigenvalue weighted by Gasteiger charge is -2.14. The Kier molecular flexibility index (Phi) is 3.55. The van der Waals surface area contributed by atoms with Crippen LogP contribution in [0.5, 0.6) is 5.75 Å². The number of ether oxygens (including phenoxy) is 1. The van der Waals surface area contributed by atoms with Gasteiger partial charge in [0, 0.05) is 6.04 Å². The lowest BCUT2D eigenvalue weighted by Crippen LogP contribution is -2.11. The van der Waals surface area contributed by atoms with Gasteiger partial charge in [0.2, 0.25) is 0 Å². The number of nitrogens with two attached hydrogens (primary N) is 1. The summed E-state index contributed by atoms with van der Waals surface area (Å²) in [4.78, 5) is 4.29. The van der Waals surface area contributed by atoms with Crippen LogP contribution in [-0.2, 0) is 6.61 Å². The molecule has 4 heteroatoms. The first-order valence-corrected chi connectivity index (χ1v) is 6.09. The van der Waals surface area contributed by atoms with E-state index in [1.54, 1.807) is 6.20 Å². The summed E-state index contributed by atoms with van der Waals surface area (Å²) in [6.45, 7) is 6.63. The van der Waals surface area contributed by atoms with Gasteiger partial charge in [-0.3, -0.25) is 0 Å². The Balaban J connectivity index is 2.11. The van der Waals surface area contributed by atoms with E-state index in [2.05, 4.69) is 18.8 Å². The predicted octanol–water partition coefficient (Wildman–Crippen LogP) is 2.93. The second-order valence-corrected chi connectivity index (χ2v) is 4.67. The maximum Gasteiger partial charge on any atom is 0.148 e. The lowest BCUT2D eigenvalue weighted by atomic mass is 10.2. The first kappa shape index (κ1) is 12.5. The third-order valence-corrected chi connectivity index (χ3v) is 2.78. The Hall–Kier alpha value is -1.97. The van der Waals surface area contributed by atoms with Crippen molar-refractivity contribution >= 4 is 5.82 Å². The number of aromatic nitrogens is 2. The van der Waals surface area contributed by atoms with Crippen molar-refractivity contribution in [2.24, 2.45) is 0 Å². The normalized spacial score (nSPS) is 10.9. The maximum absolute atomic E-state index is 5.88. The van der Waals surface area contributed by atoms with E-state index >= 15 is 0 Å². The molecule has 96 valence electrons. The predicted molar refractivity (Wildman–Crippen MR) is 72.5 cm³/mol. The molecule has 0 unspecified atom stereocenters. The summed E-state index contributed by atoms with van der Waals surface area (Å²) >= 11 is 0. The third kappa shape index (κ3) is 2.64. The van der Waals surface area contributed by atoms with Crippen LogP contribution in [0.25, 0.3) is 0 Å². The van der Waals surface area contributed by atoms with Crippen LogP contribution in [0, 0.1) is 6.92 Å². The topological polar surface area (TPSA) is 53.1 Å². The van der Waals surface area contributed by atoms with Crippen LogP contribution >= 0.6 is 0 Å².